The van der Waals surface area contributed by atoms with Crippen LogP contribution in [0.25, 0.3) is 6.08 Å². The summed E-state index contributed by atoms with van der Waals surface area (Å²) in [4.78, 5) is 26.2. The van der Waals surface area contributed by atoms with E-state index >= 15 is 0 Å². The van der Waals surface area contributed by atoms with Crippen molar-refractivity contribution < 1.29 is 18.0 Å². The molecule has 0 unspecified atom stereocenters. The number of rotatable bonds is 5. The molecule has 0 radical (unpaired) electrons. The number of carbonyl (C=O) groups excluding carboxylic acids is 2. The highest BCUT2D eigenvalue weighted by atomic mass is 32.2. The van der Waals surface area contributed by atoms with Crippen molar-refractivity contribution in [1.82, 2.24) is 15.2 Å². The molecular weight excluding hydrogens is 398 g/mol. The Kier molecular flexibility index (Phi) is 6.28. The number of nitrogens with one attached hydrogen (secondary N) is 2. The van der Waals surface area contributed by atoms with Crippen LogP contribution in [-0.4, -0.2) is 37.6 Å². The van der Waals surface area contributed by atoms with E-state index in [0.29, 0.717) is 13.1 Å². The molecule has 0 atom stereocenters. The van der Waals surface area contributed by atoms with Gasteiger partial charge in [0.1, 0.15) is 0 Å². The number of amides is 2. The Hall–Kier alpha value is -2.49. The van der Waals surface area contributed by atoms with Crippen molar-refractivity contribution in [3.63, 3.8) is 0 Å². The maximum absolute atomic E-state index is 12.5. The monoisotopic (exact) mass is 419 g/mol. The van der Waals surface area contributed by atoms with Crippen LogP contribution in [-0.2, 0) is 14.8 Å². The van der Waals surface area contributed by atoms with Crippen LogP contribution in [0.5, 0.6) is 0 Å². The minimum absolute atomic E-state index is 0.157. The van der Waals surface area contributed by atoms with Gasteiger partial charge < -0.3 is 0 Å². The summed E-state index contributed by atoms with van der Waals surface area (Å²) in [7, 11) is -3.52. The molecule has 1 fully saturated rings. The molecule has 1 aromatic heterocycles. The SMILES string of the molecule is Cc1ccc(/C=C/C(=O)NNC(=O)c2ccc(S(=O)(=O)N3CCCC3)cc2)s1. The first-order valence-corrected chi connectivity index (χ1v) is 11.1. The third-order valence-corrected chi connectivity index (χ3v) is 7.16. The Bertz CT molecular complexity index is 988. The number of benzene rings is 1. The standard InChI is InChI=1S/C19H21N3O4S2/c1-14-4-7-16(27-14)8-11-18(23)20-21-19(24)15-5-9-17(10-6-15)28(25,26)22-12-2-3-13-22/h4-11H,2-3,12-13H2,1H3,(H,20,23)(H,21,24)/b11-8+. The van der Waals surface area contributed by atoms with Gasteiger partial charge in [-0.05, 0) is 62.2 Å². The van der Waals surface area contributed by atoms with E-state index in [1.54, 1.807) is 17.4 Å². The zero-order valence-electron chi connectivity index (χ0n) is 15.3. The molecule has 2 heterocycles. The second-order valence-corrected chi connectivity index (χ2v) is 9.62. The van der Waals surface area contributed by atoms with Crippen molar-refractivity contribution >= 4 is 39.3 Å². The van der Waals surface area contributed by atoms with Crippen molar-refractivity contribution in [1.29, 1.82) is 0 Å². The Labute approximate surface area is 168 Å². The van der Waals surface area contributed by atoms with Crippen molar-refractivity contribution in [2.45, 2.75) is 24.7 Å². The third kappa shape index (κ3) is 4.86. The lowest BCUT2D eigenvalue weighted by molar-refractivity contribution is -0.117. The molecule has 3 rings (SSSR count). The summed E-state index contributed by atoms with van der Waals surface area (Å²) in [5.74, 6) is -0.994. The van der Waals surface area contributed by atoms with E-state index in [9.17, 15) is 18.0 Å². The number of hydrogen-bond donors (Lipinski definition) is 2. The van der Waals surface area contributed by atoms with Gasteiger partial charge in [-0.1, -0.05) is 0 Å². The molecule has 1 aromatic carbocycles. The van der Waals surface area contributed by atoms with Crippen LogP contribution in [0.3, 0.4) is 0 Å². The van der Waals surface area contributed by atoms with E-state index in [2.05, 4.69) is 10.9 Å². The molecule has 7 nitrogen and oxygen atoms in total. The van der Waals surface area contributed by atoms with Crippen molar-refractivity contribution in [2.24, 2.45) is 0 Å². The molecule has 0 saturated carbocycles. The highest BCUT2D eigenvalue weighted by Crippen LogP contribution is 2.21. The Morgan fingerprint density at radius 1 is 1.04 bits per heavy atom. The number of carbonyl (C=O) groups is 2. The van der Waals surface area contributed by atoms with Crippen LogP contribution in [0, 0.1) is 6.92 Å². The zero-order chi connectivity index (χ0) is 20.1. The summed E-state index contributed by atoms with van der Waals surface area (Å²) in [6.07, 6.45) is 4.72. The molecule has 2 N–H and O–H groups in total. The van der Waals surface area contributed by atoms with Gasteiger partial charge in [-0.2, -0.15) is 4.31 Å². The van der Waals surface area contributed by atoms with Crippen LogP contribution in [0.15, 0.2) is 47.4 Å². The number of nitrogens with zero attached hydrogens (tertiary/aromatic N) is 1. The third-order valence-electron chi connectivity index (χ3n) is 4.28. The Balaban J connectivity index is 1.56. The van der Waals surface area contributed by atoms with Crippen molar-refractivity contribution in [2.75, 3.05) is 13.1 Å². The van der Waals surface area contributed by atoms with Crippen LogP contribution in [0.2, 0.25) is 0 Å². The first kappa shape index (κ1) is 20.2. The van der Waals surface area contributed by atoms with Crippen LogP contribution < -0.4 is 10.9 Å². The van der Waals surface area contributed by atoms with Gasteiger partial charge in [-0.15, -0.1) is 11.3 Å². The molecule has 1 saturated heterocycles. The fourth-order valence-corrected chi connectivity index (χ4v) is 5.09. The predicted octanol–water partition coefficient (Wildman–Crippen LogP) is 2.32. The van der Waals surface area contributed by atoms with E-state index in [4.69, 9.17) is 0 Å². The molecule has 0 aliphatic carbocycles. The molecular formula is C19H21N3O4S2. The fourth-order valence-electron chi connectivity index (χ4n) is 2.79. The first-order chi connectivity index (χ1) is 13.4. The van der Waals surface area contributed by atoms with E-state index < -0.39 is 21.8 Å². The van der Waals surface area contributed by atoms with Gasteiger partial charge in [-0.3, -0.25) is 20.4 Å². The number of thiophene rings is 1. The highest BCUT2D eigenvalue weighted by Gasteiger charge is 2.27. The lowest BCUT2D eigenvalue weighted by Crippen LogP contribution is -2.40. The molecule has 0 bridgehead atoms. The molecule has 9 heteroatoms. The smallest absolute Gasteiger partial charge is 0.268 e. The summed E-state index contributed by atoms with van der Waals surface area (Å²) in [6, 6.07) is 9.52. The second kappa shape index (κ2) is 8.68. The minimum Gasteiger partial charge on any atom is -0.268 e. The maximum Gasteiger partial charge on any atom is 0.269 e. The molecule has 148 valence electrons. The minimum atomic E-state index is -3.52. The first-order valence-electron chi connectivity index (χ1n) is 8.81. The molecule has 1 aliphatic heterocycles. The van der Waals surface area contributed by atoms with E-state index in [1.807, 2.05) is 19.1 Å². The highest BCUT2D eigenvalue weighted by molar-refractivity contribution is 7.89. The van der Waals surface area contributed by atoms with Gasteiger partial charge in [0.2, 0.25) is 10.0 Å². The number of sulfonamides is 1. The van der Waals surface area contributed by atoms with Gasteiger partial charge in [0.05, 0.1) is 4.90 Å². The summed E-state index contributed by atoms with van der Waals surface area (Å²) >= 11 is 1.56. The number of hydrogen-bond acceptors (Lipinski definition) is 5. The van der Waals surface area contributed by atoms with Gasteiger partial charge >= 0.3 is 0 Å². The van der Waals surface area contributed by atoms with Crippen LogP contribution in [0.1, 0.15) is 33.0 Å². The summed E-state index contributed by atoms with van der Waals surface area (Å²) in [5, 5.41) is 0. The van der Waals surface area contributed by atoms with Crippen molar-refractivity contribution in [3.05, 3.63) is 57.8 Å². The topological polar surface area (TPSA) is 95.6 Å². The molecule has 28 heavy (non-hydrogen) atoms. The van der Waals surface area contributed by atoms with Gasteiger partial charge in [0, 0.05) is 34.5 Å². The average molecular weight is 420 g/mol. The largest absolute Gasteiger partial charge is 0.269 e. The van der Waals surface area contributed by atoms with E-state index in [1.165, 1.54) is 34.6 Å². The van der Waals surface area contributed by atoms with E-state index in [0.717, 1.165) is 22.6 Å². The summed E-state index contributed by atoms with van der Waals surface area (Å²) in [5.41, 5.74) is 4.86. The molecule has 0 spiro atoms. The molecule has 2 amide bonds. The number of aryl methyl sites for hydroxylation is 1. The zero-order valence-corrected chi connectivity index (χ0v) is 17.0. The Morgan fingerprint density at radius 2 is 1.71 bits per heavy atom. The predicted molar refractivity (Wildman–Crippen MR) is 108 cm³/mol. The van der Waals surface area contributed by atoms with E-state index in [-0.39, 0.29) is 10.5 Å². The van der Waals surface area contributed by atoms with Crippen LogP contribution in [0.4, 0.5) is 0 Å². The summed E-state index contributed by atoms with van der Waals surface area (Å²) in [6.45, 7) is 3.02. The van der Waals surface area contributed by atoms with Crippen LogP contribution >= 0.6 is 11.3 Å². The molecule has 1 aliphatic rings. The van der Waals surface area contributed by atoms with Crippen molar-refractivity contribution in [3.8, 4) is 0 Å². The normalized spacial score (nSPS) is 15.0. The summed E-state index contributed by atoms with van der Waals surface area (Å²) < 4.78 is 26.4. The van der Waals surface area contributed by atoms with Gasteiger partial charge in [-0.25, -0.2) is 8.42 Å². The quantitative estimate of drug-likeness (QED) is 0.574. The lowest BCUT2D eigenvalue weighted by atomic mass is 10.2. The lowest BCUT2D eigenvalue weighted by Gasteiger charge is -2.15. The fraction of sp³-hybridized carbons (Fsp3) is 0.263. The van der Waals surface area contributed by atoms with Gasteiger partial charge in [0.25, 0.3) is 11.8 Å². The van der Waals surface area contributed by atoms with Gasteiger partial charge in [0.15, 0.2) is 0 Å². The second-order valence-electron chi connectivity index (χ2n) is 6.36. The maximum atomic E-state index is 12.5. The Morgan fingerprint density at radius 3 is 2.32 bits per heavy atom. The molecule has 2 aromatic rings. The average Bonchev–Trinajstić information content (AvgIpc) is 3.36. The number of hydrazine groups is 1.